The molecule has 2 aromatic carbocycles. The van der Waals surface area contributed by atoms with Crippen LogP contribution in [0.3, 0.4) is 0 Å². The van der Waals surface area contributed by atoms with Crippen LogP contribution in [0.15, 0.2) is 53.7 Å². The molecular weight excluding hydrogens is 452 g/mol. The Morgan fingerprint density at radius 2 is 1.76 bits per heavy atom. The van der Waals surface area contributed by atoms with Crippen molar-refractivity contribution in [3.63, 3.8) is 0 Å². The smallest absolute Gasteiger partial charge is 0.338 e. The fraction of sp³-hybridized carbons (Fsp3) is 0.261. The van der Waals surface area contributed by atoms with Crippen LogP contribution < -0.4 is 20.1 Å². The zero-order valence-corrected chi connectivity index (χ0v) is 18.4. The summed E-state index contributed by atoms with van der Waals surface area (Å²) >= 11 is 5.97. The van der Waals surface area contributed by atoms with Gasteiger partial charge in [-0.15, -0.1) is 0 Å². The molecule has 172 valence electrons. The van der Waals surface area contributed by atoms with Crippen molar-refractivity contribution in [2.24, 2.45) is 0 Å². The van der Waals surface area contributed by atoms with Crippen molar-refractivity contribution in [2.45, 2.75) is 13.0 Å². The monoisotopic (exact) mass is 472 g/mol. The molecule has 1 atom stereocenters. The predicted molar refractivity (Wildman–Crippen MR) is 117 cm³/mol. The number of nitrogens with one attached hydrogen (secondary N) is 2. The summed E-state index contributed by atoms with van der Waals surface area (Å²) in [4.78, 5) is 37.7. The molecule has 0 bridgehead atoms. The van der Waals surface area contributed by atoms with Crippen LogP contribution >= 0.6 is 11.6 Å². The van der Waals surface area contributed by atoms with E-state index in [1.807, 2.05) is 0 Å². The van der Waals surface area contributed by atoms with Gasteiger partial charge >= 0.3 is 18.0 Å². The number of benzene rings is 2. The molecule has 2 aliphatic rings. The van der Waals surface area contributed by atoms with Crippen LogP contribution in [-0.4, -0.2) is 44.4 Å². The number of carbonyl (C=O) groups excluding carboxylic acids is 3. The lowest BCUT2D eigenvalue weighted by atomic mass is 9.95. The number of esters is 2. The summed E-state index contributed by atoms with van der Waals surface area (Å²) in [7, 11) is 0. The number of carbonyl (C=O) groups is 3. The van der Waals surface area contributed by atoms with Crippen molar-refractivity contribution in [3.8, 4) is 11.5 Å². The third-order valence-corrected chi connectivity index (χ3v) is 5.23. The molecule has 1 unspecified atom stereocenters. The number of hydrogen-bond acceptors (Lipinski definition) is 7. The van der Waals surface area contributed by atoms with Gasteiger partial charge in [-0.2, -0.15) is 0 Å². The summed E-state index contributed by atoms with van der Waals surface area (Å²) in [6, 6.07) is 10.0. The van der Waals surface area contributed by atoms with Gasteiger partial charge in [0.2, 0.25) is 0 Å². The van der Waals surface area contributed by atoms with E-state index in [2.05, 4.69) is 10.6 Å². The van der Waals surface area contributed by atoms with Crippen LogP contribution in [0.2, 0.25) is 5.02 Å². The molecule has 4 rings (SSSR count). The van der Waals surface area contributed by atoms with Gasteiger partial charge in [0.1, 0.15) is 19.8 Å². The molecule has 0 saturated carbocycles. The highest BCUT2D eigenvalue weighted by Crippen LogP contribution is 2.32. The fourth-order valence-corrected chi connectivity index (χ4v) is 3.60. The minimum absolute atomic E-state index is 0.128. The molecule has 0 fully saturated rings. The maximum absolute atomic E-state index is 12.8. The molecule has 2 aromatic rings. The second-order valence-corrected chi connectivity index (χ2v) is 7.57. The van der Waals surface area contributed by atoms with Crippen LogP contribution in [0.25, 0.3) is 0 Å². The molecule has 0 aliphatic carbocycles. The van der Waals surface area contributed by atoms with E-state index in [0.29, 0.717) is 35.3 Å². The van der Waals surface area contributed by atoms with Crippen LogP contribution in [-0.2, 0) is 14.3 Å². The Labute approximate surface area is 194 Å². The van der Waals surface area contributed by atoms with Crippen molar-refractivity contribution in [1.82, 2.24) is 10.6 Å². The zero-order chi connectivity index (χ0) is 23.4. The first-order valence-corrected chi connectivity index (χ1v) is 10.6. The summed E-state index contributed by atoms with van der Waals surface area (Å²) in [5.74, 6) is -0.310. The summed E-state index contributed by atoms with van der Waals surface area (Å²) < 4.78 is 21.5. The molecule has 0 saturated heterocycles. The maximum atomic E-state index is 12.8. The molecular formula is C23H21ClN2O7. The van der Waals surface area contributed by atoms with Gasteiger partial charge in [-0.25, -0.2) is 14.4 Å². The Kier molecular flexibility index (Phi) is 6.69. The summed E-state index contributed by atoms with van der Waals surface area (Å²) in [5.41, 5.74) is 1.12. The minimum Gasteiger partial charge on any atom is -0.486 e. The molecule has 9 nitrogen and oxygen atoms in total. The van der Waals surface area contributed by atoms with Crippen LogP contribution in [0, 0.1) is 0 Å². The number of ether oxygens (including phenoxy) is 4. The Morgan fingerprint density at radius 1 is 1.03 bits per heavy atom. The molecule has 0 radical (unpaired) electrons. The first-order valence-electron chi connectivity index (χ1n) is 10.3. The average molecular weight is 473 g/mol. The van der Waals surface area contributed by atoms with E-state index in [1.165, 1.54) is 6.07 Å². The summed E-state index contributed by atoms with van der Waals surface area (Å²) in [6.45, 7) is 2.27. The van der Waals surface area contributed by atoms with Crippen LogP contribution in [0.4, 0.5) is 4.79 Å². The number of fused-ring (bicyclic) bond motifs is 1. The SMILES string of the molecule is CCOC(=O)C1=C(COC(=O)c2ccc3c(c2)OCCO3)NC(=O)NC1c1ccc(Cl)cc1. The molecule has 33 heavy (non-hydrogen) atoms. The van der Waals surface area contributed by atoms with E-state index in [4.69, 9.17) is 30.5 Å². The van der Waals surface area contributed by atoms with Gasteiger partial charge in [0.05, 0.1) is 29.5 Å². The number of rotatable bonds is 6. The topological polar surface area (TPSA) is 112 Å². The van der Waals surface area contributed by atoms with Gasteiger partial charge in [0, 0.05) is 5.02 Å². The summed E-state index contributed by atoms with van der Waals surface area (Å²) in [5, 5.41) is 5.77. The first-order chi connectivity index (χ1) is 16.0. The third kappa shape index (κ3) is 5.04. The first kappa shape index (κ1) is 22.5. The Hall–Kier alpha value is -3.72. The number of amides is 2. The number of urea groups is 1. The molecule has 2 heterocycles. The molecule has 2 amide bonds. The summed E-state index contributed by atoms with van der Waals surface area (Å²) in [6.07, 6.45) is 0. The van der Waals surface area contributed by atoms with Gasteiger partial charge in [-0.1, -0.05) is 23.7 Å². The van der Waals surface area contributed by atoms with Gasteiger partial charge in [-0.3, -0.25) is 0 Å². The van der Waals surface area contributed by atoms with Crippen LogP contribution in [0.5, 0.6) is 11.5 Å². The van der Waals surface area contributed by atoms with Crippen molar-refractivity contribution in [3.05, 3.63) is 69.9 Å². The largest absolute Gasteiger partial charge is 0.486 e. The number of hydrogen-bond donors (Lipinski definition) is 2. The second-order valence-electron chi connectivity index (χ2n) is 7.13. The second kappa shape index (κ2) is 9.83. The lowest BCUT2D eigenvalue weighted by Crippen LogP contribution is -2.47. The van der Waals surface area contributed by atoms with Crippen molar-refractivity contribution >= 4 is 29.6 Å². The third-order valence-electron chi connectivity index (χ3n) is 4.98. The quantitative estimate of drug-likeness (QED) is 0.621. The van der Waals surface area contributed by atoms with Gasteiger partial charge in [-0.05, 0) is 42.8 Å². The van der Waals surface area contributed by atoms with E-state index >= 15 is 0 Å². The van der Waals surface area contributed by atoms with Gasteiger partial charge in [0.15, 0.2) is 11.5 Å². The van der Waals surface area contributed by atoms with E-state index in [1.54, 1.807) is 43.3 Å². The van der Waals surface area contributed by atoms with E-state index in [9.17, 15) is 14.4 Å². The highest BCUT2D eigenvalue weighted by Gasteiger charge is 2.34. The Morgan fingerprint density at radius 3 is 2.48 bits per heavy atom. The molecule has 0 aromatic heterocycles. The normalized spacial score (nSPS) is 17.0. The zero-order valence-electron chi connectivity index (χ0n) is 17.7. The van der Waals surface area contributed by atoms with Gasteiger partial charge < -0.3 is 29.6 Å². The highest BCUT2D eigenvalue weighted by atomic mass is 35.5. The van der Waals surface area contributed by atoms with E-state index in [0.717, 1.165) is 0 Å². The average Bonchev–Trinajstić information content (AvgIpc) is 2.82. The molecule has 2 aliphatic heterocycles. The minimum atomic E-state index is -0.807. The molecule has 10 heteroatoms. The maximum Gasteiger partial charge on any atom is 0.338 e. The van der Waals surface area contributed by atoms with Crippen LogP contribution in [0.1, 0.15) is 28.9 Å². The molecule has 2 N–H and O–H groups in total. The lowest BCUT2D eigenvalue weighted by Gasteiger charge is -2.29. The van der Waals surface area contributed by atoms with Gasteiger partial charge in [0.25, 0.3) is 0 Å². The van der Waals surface area contributed by atoms with Crippen molar-refractivity contribution in [2.75, 3.05) is 26.4 Å². The molecule has 0 spiro atoms. The predicted octanol–water partition coefficient (Wildman–Crippen LogP) is 3.14. The fourth-order valence-electron chi connectivity index (χ4n) is 3.48. The standard InChI is InChI=1S/C23H21ClN2O7/c1-2-30-22(28)19-16(25-23(29)26-20(19)13-3-6-15(24)7-4-13)12-33-21(27)14-5-8-17-18(11-14)32-10-9-31-17/h3-8,11,20H,2,9-10,12H2,1H3,(H2,25,26,29). The lowest BCUT2D eigenvalue weighted by molar-refractivity contribution is -0.139. The van der Waals surface area contributed by atoms with Crippen molar-refractivity contribution in [1.29, 1.82) is 0 Å². The highest BCUT2D eigenvalue weighted by molar-refractivity contribution is 6.30. The Balaban J connectivity index is 1.60. The van der Waals surface area contributed by atoms with E-state index < -0.39 is 24.0 Å². The van der Waals surface area contributed by atoms with Crippen molar-refractivity contribution < 1.29 is 33.3 Å². The van der Waals surface area contributed by atoms with E-state index in [-0.39, 0.29) is 30.0 Å². The number of halogens is 1. The Bertz CT molecular complexity index is 1110.